The van der Waals surface area contributed by atoms with E-state index in [1.54, 1.807) is 7.11 Å². The van der Waals surface area contributed by atoms with Crippen LogP contribution in [-0.2, 0) is 11.2 Å². The van der Waals surface area contributed by atoms with Crippen molar-refractivity contribution in [3.8, 4) is 17.1 Å². The normalized spacial score (nSPS) is 13.9. The van der Waals surface area contributed by atoms with Gasteiger partial charge in [-0.25, -0.2) is 0 Å². The minimum atomic E-state index is 0.233. The van der Waals surface area contributed by atoms with Crippen molar-refractivity contribution in [2.24, 2.45) is 11.8 Å². The minimum Gasteiger partial charge on any atom is -0.497 e. The molecule has 1 aliphatic carbocycles. The third-order valence-corrected chi connectivity index (χ3v) is 4.24. The molecule has 1 amide bonds. The fraction of sp³-hybridized carbons (Fsp3) is 0.526. The third-order valence-electron chi connectivity index (χ3n) is 4.24. The van der Waals surface area contributed by atoms with Gasteiger partial charge in [-0.15, -0.1) is 0 Å². The van der Waals surface area contributed by atoms with E-state index in [1.165, 1.54) is 0 Å². The molecular weight excluding hydrogens is 318 g/mol. The molecule has 3 rings (SSSR count). The van der Waals surface area contributed by atoms with E-state index >= 15 is 0 Å². The van der Waals surface area contributed by atoms with E-state index in [-0.39, 0.29) is 11.8 Å². The quantitative estimate of drug-likeness (QED) is 0.736. The first kappa shape index (κ1) is 17.5. The summed E-state index contributed by atoms with van der Waals surface area (Å²) < 4.78 is 10.5. The molecule has 0 spiro atoms. The Morgan fingerprint density at radius 1 is 1.32 bits per heavy atom. The highest BCUT2D eigenvalue weighted by Gasteiger charge is 2.33. The van der Waals surface area contributed by atoms with Crippen LogP contribution in [0, 0.1) is 11.8 Å². The fourth-order valence-electron chi connectivity index (χ4n) is 2.77. The fourth-order valence-corrected chi connectivity index (χ4v) is 2.77. The van der Waals surface area contributed by atoms with E-state index in [4.69, 9.17) is 9.26 Å². The van der Waals surface area contributed by atoms with Gasteiger partial charge in [0.15, 0.2) is 0 Å². The van der Waals surface area contributed by atoms with Gasteiger partial charge in [0.25, 0.3) is 0 Å². The lowest BCUT2D eigenvalue weighted by Gasteiger charge is -2.24. The summed E-state index contributed by atoms with van der Waals surface area (Å²) in [6.07, 6.45) is 2.62. The van der Waals surface area contributed by atoms with Crippen LogP contribution >= 0.6 is 0 Å². The van der Waals surface area contributed by atoms with Crippen molar-refractivity contribution < 1.29 is 14.1 Å². The number of carbonyl (C=O) groups is 1. The van der Waals surface area contributed by atoms with Crippen molar-refractivity contribution >= 4 is 5.91 Å². The number of benzene rings is 1. The molecule has 1 fully saturated rings. The molecule has 0 N–H and O–H groups in total. The van der Waals surface area contributed by atoms with Crippen LogP contribution in [0.3, 0.4) is 0 Å². The van der Waals surface area contributed by atoms with Gasteiger partial charge in [0.2, 0.25) is 17.6 Å². The molecule has 1 aliphatic rings. The molecule has 1 aromatic heterocycles. The van der Waals surface area contributed by atoms with E-state index in [0.717, 1.165) is 30.7 Å². The predicted octanol–water partition coefficient (Wildman–Crippen LogP) is 3.18. The second-order valence-electron chi connectivity index (χ2n) is 6.94. The summed E-state index contributed by atoms with van der Waals surface area (Å²) in [5.74, 6) is 2.85. The van der Waals surface area contributed by atoms with E-state index in [9.17, 15) is 4.79 Å². The van der Waals surface area contributed by atoms with E-state index in [0.29, 0.717) is 30.6 Å². The molecule has 0 radical (unpaired) electrons. The summed E-state index contributed by atoms with van der Waals surface area (Å²) in [5, 5.41) is 4.04. The van der Waals surface area contributed by atoms with Crippen molar-refractivity contribution in [3.63, 3.8) is 0 Å². The van der Waals surface area contributed by atoms with Crippen molar-refractivity contribution in [2.45, 2.75) is 33.1 Å². The number of methoxy groups -OCH3 is 1. The Labute approximate surface area is 148 Å². The van der Waals surface area contributed by atoms with Crippen LogP contribution in [-0.4, -0.2) is 41.1 Å². The Morgan fingerprint density at radius 2 is 2.04 bits per heavy atom. The summed E-state index contributed by atoms with van der Waals surface area (Å²) >= 11 is 0. The Morgan fingerprint density at radius 3 is 2.64 bits per heavy atom. The Hall–Kier alpha value is -2.37. The zero-order chi connectivity index (χ0) is 17.8. The van der Waals surface area contributed by atoms with E-state index < -0.39 is 0 Å². The van der Waals surface area contributed by atoms with Gasteiger partial charge in [-0.1, -0.05) is 19.0 Å². The molecule has 1 aromatic carbocycles. The lowest BCUT2D eigenvalue weighted by molar-refractivity contribution is -0.133. The number of hydrogen-bond acceptors (Lipinski definition) is 5. The van der Waals surface area contributed by atoms with Gasteiger partial charge in [0, 0.05) is 31.0 Å². The molecule has 0 bridgehead atoms. The van der Waals surface area contributed by atoms with Gasteiger partial charge < -0.3 is 14.2 Å². The maximum Gasteiger partial charge on any atom is 0.228 e. The van der Waals surface area contributed by atoms with Crippen molar-refractivity contribution in [1.82, 2.24) is 15.0 Å². The van der Waals surface area contributed by atoms with Gasteiger partial charge in [-0.2, -0.15) is 4.98 Å². The average molecular weight is 343 g/mol. The summed E-state index contributed by atoms with van der Waals surface area (Å²) in [6, 6.07) is 7.53. The smallest absolute Gasteiger partial charge is 0.228 e. The highest BCUT2D eigenvalue weighted by atomic mass is 16.5. The largest absolute Gasteiger partial charge is 0.497 e. The molecule has 2 aromatic rings. The number of hydrogen-bond donors (Lipinski definition) is 0. The van der Waals surface area contributed by atoms with Crippen LogP contribution in [0.15, 0.2) is 28.8 Å². The third kappa shape index (κ3) is 4.59. The summed E-state index contributed by atoms with van der Waals surface area (Å²) in [6.45, 7) is 5.65. The van der Waals surface area contributed by atoms with Crippen LogP contribution in [0.2, 0.25) is 0 Å². The van der Waals surface area contributed by atoms with Gasteiger partial charge >= 0.3 is 0 Å². The topological polar surface area (TPSA) is 68.5 Å². The predicted molar refractivity (Wildman–Crippen MR) is 94.1 cm³/mol. The molecule has 0 saturated heterocycles. The van der Waals surface area contributed by atoms with Crippen LogP contribution in [0.25, 0.3) is 11.4 Å². The first-order valence-corrected chi connectivity index (χ1v) is 8.82. The zero-order valence-corrected chi connectivity index (χ0v) is 15.1. The van der Waals surface area contributed by atoms with Gasteiger partial charge in [0.1, 0.15) is 5.75 Å². The zero-order valence-electron chi connectivity index (χ0n) is 15.1. The van der Waals surface area contributed by atoms with Crippen LogP contribution in [0.4, 0.5) is 0 Å². The molecule has 6 nitrogen and oxygen atoms in total. The van der Waals surface area contributed by atoms with Gasteiger partial charge in [-0.05, 0) is 43.0 Å². The summed E-state index contributed by atoms with van der Waals surface area (Å²) in [5.41, 5.74) is 0.879. The highest BCUT2D eigenvalue weighted by Crippen LogP contribution is 2.31. The standard InChI is InChI=1S/C19H25N3O3/c1-13(2)12-22(19(23)15-4-5-15)11-10-17-20-18(21-25-17)14-6-8-16(24-3)9-7-14/h6-9,13,15H,4-5,10-12H2,1-3H3. The molecule has 0 atom stereocenters. The number of amides is 1. The number of rotatable bonds is 8. The van der Waals surface area contributed by atoms with Crippen molar-refractivity contribution in [3.05, 3.63) is 30.2 Å². The second-order valence-corrected chi connectivity index (χ2v) is 6.94. The lowest BCUT2D eigenvalue weighted by atomic mass is 10.2. The van der Waals surface area contributed by atoms with Crippen molar-refractivity contribution in [1.29, 1.82) is 0 Å². The molecule has 1 heterocycles. The van der Waals surface area contributed by atoms with Crippen LogP contribution in [0.5, 0.6) is 5.75 Å². The maximum absolute atomic E-state index is 12.4. The first-order chi connectivity index (χ1) is 12.1. The van der Waals surface area contributed by atoms with Gasteiger partial charge in [-0.3, -0.25) is 4.79 Å². The summed E-state index contributed by atoms with van der Waals surface area (Å²) in [7, 11) is 1.63. The molecular formula is C19H25N3O3. The highest BCUT2D eigenvalue weighted by molar-refractivity contribution is 5.81. The maximum atomic E-state index is 12.4. The monoisotopic (exact) mass is 343 g/mol. The SMILES string of the molecule is COc1ccc(-c2noc(CCN(CC(C)C)C(=O)C3CC3)n2)cc1. The second kappa shape index (κ2) is 7.68. The Kier molecular flexibility index (Phi) is 5.36. The van der Waals surface area contributed by atoms with E-state index in [2.05, 4.69) is 24.0 Å². The number of aromatic nitrogens is 2. The number of nitrogens with zero attached hydrogens (tertiary/aromatic N) is 3. The summed E-state index contributed by atoms with van der Waals surface area (Å²) in [4.78, 5) is 18.8. The molecule has 0 unspecified atom stereocenters. The lowest BCUT2D eigenvalue weighted by Crippen LogP contribution is -2.36. The van der Waals surface area contributed by atoms with E-state index in [1.807, 2.05) is 29.2 Å². The molecule has 6 heteroatoms. The Bertz CT molecular complexity index is 705. The number of carbonyl (C=O) groups excluding carboxylic acids is 1. The first-order valence-electron chi connectivity index (χ1n) is 8.82. The van der Waals surface area contributed by atoms with Crippen molar-refractivity contribution in [2.75, 3.05) is 20.2 Å². The van der Waals surface area contributed by atoms with Crippen LogP contribution < -0.4 is 4.74 Å². The molecule has 134 valence electrons. The Balaban J connectivity index is 1.62. The molecule has 0 aliphatic heterocycles. The number of ether oxygens (including phenoxy) is 1. The van der Waals surface area contributed by atoms with Crippen LogP contribution in [0.1, 0.15) is 32.6 Å². The minimum absolute atomic E-state index is 0.233. The molecule has 25 heavy (non-hydrogen) atoms. The van der Waals surface area contributed by atoms with Gasteiger partial charge in [0.05, 0.1) is 7.11 Å². The average Bonchev–Trinajstić information content (AvgIpc) is 3.36. The molecule has 1 saturated carbocycles.